The van der Waals surface area contributed by atoms with Gasteiger partial charge in [0.05, 0.1) is 18.3 Å². The van der Waals surface area contributed by atoms with Crippen molar-refractivity contribution in [1.29, 1.82) is 0 Å². The van der Waals surface area contributed by atoms with E-state index in [1.165, 1.54) is 10.7 Å². The third-order valence-corrected chi connectivity index (χ3v) is 4.12. The second-order valence-corrected chi connectivity index (χ2v) is 6.24. The molecule has 0 aliphatic carbocycles. The zero-order valence-corrected chi connectivity index (χ0v) is 16.1. The number of rotatable bonds is 5. The summed E-state index contributed by atoms with van der Waals surface area (Å²) in [5, 5.41) is 4.21. The van der Waals surface area contributed by atoms with Gasteiger partial charge in [0.15, 0.2) is 11.4 Å². The van der Waals surface area contributed by atoms with Gasteiger partial charge >= 0.3 is 5.97 Å². The van der Waals surface area contributed by atoms with E-state index in [4.69, 9.17) is 4.74 Å². The van der Waals surface area contributed by atoms with Crippen molar-refractivity contribution in [3.05, 3.63) is 28.5 Å². The van der Waals surface area contributed by atoms with E-state index in [2.05, 4.69) is 26.0 Å². The molecule has 0 amide bonds. The van der Waals surface area contributed by atoms with Crippen LogP contribution in [-0.4, -0.2) is 33.5 Å². The Hall–Kier alpha value is -1.33. The number of hydrogen-bond donors (Lipinski definition) is 0. The average Bonchev–Trinajstić information content (AvgIpc) is 2.88. The molecule has 1 aromatic heterocycles. The van der Waals surface area contributed by atoms with E-state index < -0.39 is 0 Å². The highest BCUT2D eigenvalue weighted by atomic mass is 79.9. The molecule has 1 heterocycles. The van der Waals surface area contributed by atoms with Crippen molar-refractivity contribution in [3.8, 4) is 11.4 Å². The Kier molecular flexibility index (Phi) is 8.34. The lowest BCUT2D eigenvalue weighted by molar-refractivity contribution is -0.139. The summed E-state index contributed by atoms with van der Waals surface area (Å²) in [6.07, 6.45) is 0.236. The molecule has 0 bridgehead atoms. The van der Waals surface area contributed by atoms with E-state index in [0.29, 0.717) is 28.0 Å². The number of ether oxygens (including phenoxy) is 1. The van der Waals surface area contributed by atoms with Crippen molar-refractivity contribution in [1.82, 2.24) is 14.8 Å². The van der Waals surface area contributed by atoms with Crippen molar-refractivity contribution in [2.45, 2.75) is 20.8 Å². The molecule has 0 aliphatic heterocycles. The monoisotopic (exact) mass is 403 g/mol. The molecule has 0 saturated heterocycles. The van der Waals surface area contributed by atoms with Gasteiger partial charge in [-0.25, -0.2) is 14.1 Å². The molecule has 126 valence electrons. The van der Waals surface area contributed by atoms with E-state index in [9.17, 15) is 9.18 Å². The fourth-order valence-electron chi connectivity index (χ4n) is 1.73. The van der Waals surface area contributed by atoms with Crippen molar-refractivity contribution in [3.63, 3.8) is 0 Å². The summed E-state index contributed by atoms with van der Waals surface area (Å²) in [4.78, 5) is 15.6. The Morgan fingerprint density at radius 2 is 2.13 bits per heavy atom. The molecular weight excluding hydrogens is 384 g/mol. The van der Waals surface area contributed by atoms with Crippen LogP contribution in [0.3, 0.4) is 0 Å². The minimum Gasteiger partial charge on any atom is -0.466 e. The molecular formula is C15H20BrFN3O2P. The second-order valence-electron chi connectivity index (χ2n) is 4.17. The van der Waals surface area contributed by atoms with Crippen LogP contribution in [0.4, 0.5) is 4.39 Å². The average molecular weight is 404 g/mol. The van der Waals surface area contributed by atoms with Gasteiger partial charge in [0.1, 0.15) is 5.82 Å². The Labute approximate surface area is 145 Å². The fourth-order valence-corrected chi connectivity index (χ4v) is 2.87. The molecule has 1 unspecified atom stereocenters. The van der Waals surface area contributed by atoms with E-state index in [1.807, 2.05) is 13.8 Å². The molecule has 0 N–H and O–H groups in total. The summed E-state index contributed by atoms with van der Waals surface area (Å²) in [6, 6.07) is 4.76. The number of carbonyl (C=O) groups is 1. The molecule has 0 saturated carbocycles. The number of benzene rings is 1. The Morgan fingerprint density at radius 1 is 1.43 bits per heavy atom. The summed E-state index contributed by atoms with van der Waals surface area (Å²) in [7, 11) is 1.80. The first kappa shape index (κ1) is 19.7. The lowest BCUT2D eigenvalue weighted by Crippen LogP contribution is -2.10. The highest BCUT2D eigenvalue weighted by molar-refractivity contribution is 9.10. The van der Waals surface area contributed by atoms with Crippen LogP contribution in [0.1, 0.15) is 20.8 Å². The van der Waals surface area contributed by atoms with Crippen LogP contribution in [0, 0.1) is 5.82 Å². The van der Waals surface area contributed by atoms with Crippen molar-refractivity contribution >= 4 is 36.0 Å². The zero-order valence-electron chi connectivity index (χ0n) is 13.6. The number of esters is 1. The molecule has 0 radical (unpaired) electrons. The van der Waals surface area contributed by atoms with Crippen LogP contribution in [-0.2, 0) is 16.6 Å². The maximum atomic E-state index is 14.0. The van der Waals surface area contributed by atoms with Crippen LogP contribution < -0.4 is 5.57 Å². The fraction of sp³-hybridized carbons (Fsp3) is 0.400. The van der Waals surface area contributed by atoms with Crippen LogP contribution >= 0.6 is 24.5 Å². The van der Waals surface area contributed by atoms with Gasteiger partial charge in [0, 0.05) is 11.5 Å². The largest absolute Gasteiger partial charge is 0.466 e. The number of nitrogens with zero attached hydrogens (tertiary/aromatic N) is 3. The molecule has 1 atom stereocenters. The third-order valence-electron chi connectivity index (χ3n) is 2.63. The Bertz CT molecular complexity index is 664. The molecule has 5 nitrogen and oxygen atoms in total. The first-order valence-corrected chi connectivity index (χ1v) is 9.27. The first-order chi connectivity index (χ1) is 11.0. The molecule has 2 rings (SSSR count). The molecule has 0 aliphatic rings. The Morgan fingerprint density at radius 3 is 2.74 bits per heavy atom. The van der Waals surface area contributed by atoms with E-state index >= 15 is 0 Å². The maximum Gasteiger partial charge on any atom is 0.310 e. The first-order valence-electron chi connectivity index (χ1n) is 7.27. The molecule has 8 heteroatoms. The third kappa shape index (κ3) is 5.66. The van der Waals surface area contributed by atoms with Crippen molar-refractivity contribution < 1.29 is 13.9 Å². The van der Waals surface area contributed by atoms with Crippen LogP contribution in [0.2, 0.25) is 0 Å². The molecule has 0 fully saturated rings. The van der Waals surface area contributed by atoms with Gasteiger partial charge in [-0.1, -0.05) is 29.8 Å². The standard InChI is InChI=1S/C13H14BrFN3O2P.C2H6/c1-3-20-11(19)7-21-13-16-12(18(2)17-13)9-5-4-8(14)6-10(9)15;1-2/h4-6,21H,3,7H2,1-2H3;1-2H3. The SMILES string of the molecule is CC.CCOC(=O)CPc1nc(-c2ccc(Br)cc2F)n(C)n1. The summed E-state index contributed by atoms with van der Waals surface area (Å²) < 4.78 is 21.0. The summed E-state index contributed by atoms with van der Waals surface area (Å²) in [5.41, 5.74) is 0.892. The maximum absolute atomic E-state index is 14.0. The zero-order chi connectivity index (χ0) is 17.4. The van der Waals surface area contributed by atoms with E-state index in [0.717, 1.165) is 0 Å². The van der Waals surface area contributed by atoms with Gasteiger partial charge in [0.25, 0.3) is 0 Å². The lowest BCUT2D eigenvalue weighted by atomic mass is 10.2. The van der Waals surface area contributed by atoms with E-state index in [1.54, 1.807) is 26.1 Å². The van der Waals surface area contributed by atoms with Crippen LogP contribution in [0.5, 0.6) is 0 Å². The van der Waals surface area contributed by atoms with Gasteiger partial charge in [-0.2, -0.15) is 5.10 Å². The number of aromatic nitrogens is 3. The summed E-state index contributed by atoms with van der Waals surface area (Å²) >= 11 is 3.22. The van der Waals surface area contributed by atoms with Gasteiger partial charge < -0.3 is 4.74 Å². The summed E-state index contributed by atoms with van der Waals surface area (Å²) in [5.74, 6) is -0.217. The predicted molar refractivity (Wildman–Crippen MR) is 94.9 cm³/mol. The van der Waals surface area contributed by atoms with Gasteiger partial charge in [0.2, 0.25) is 0 Å². The number of carbonyl (C=O) groups excluding carboxylic acids is 1. The lowest BCUT2D eigenvalue weighted by Gasteiger charge is -2.02. The predicted octanol–water partition coefficient (Wildman–Crippen LogP) is 3.28. The Balaban J connectivity index is 0.00000127. The number of hydrogen-bond acceptors (Lipinski definition) is 4. The normalized spacial score (nSPS) is 10.5. The topological polar surface area (TPSA) is 57.0 Å². The quantitative estimate of drug-likeness (QED) is 0.567. The van der Waals surface area contributed by atoms with Gasteiger partial charge in [-0.3, -0.25) is 4.79 Å². The number of halogens is 2. The second kappa shape index (κ2) is 9.73. The summed E-state index contributed by atoms with van der Waals surface area (Å²) in [6.45, 7) is 6.11. The van der Waals surface area contributed by atoms with Crippen molar-refractivity contribution in [2.75, 3.05) is 12.8 Å². The molecule has 0 spiro atoms. The molecule has 2 aromatic rings. The molecule has 23 heavy (non-hydrogen) atoms. The minimum absolute atomic E-state index is 0.102. The number of aryl methyl sites for hydroxylation is 1. The smallest absolute Gasteiger partial charge is 0.310 e. The van der Waals surface area contributed by atoms with Gasteiger partial charge in [-0.15, -0.1) is 0 Å². The van der Waals surface area contributed by atoms with Gasteiger partial charge in [-0.05, 0) is 33.7 Å². The van der Waals surface area contributed by atoms with Crippen LogP contribution in [0.25, 0.3) is 11.4 Å². The van der Waals surface area contributed by atoms with Crippen molar-refractivity contribution in [2.24, 2.45) is 7.05 Å². The molecule has 1 aromatic carbocycles. The van der Waals surface area contributed by atoms with Crippen LogP contribution in [0.15, 0.2) is 22.7 Å². The van der Waals surface area contributed by atoms with E-state index in [-0.39, 0.29) is 26.5 Å². The highest BCUT2D eigenvalue weighted by Crippen LogP contribution is 2.23. The minimum atomic E-state index is -0.375. The highest BCUT2D eigenvalue weighted by Gasteiger charge is 2.14.